The van der Waals surface area contributed by atoms with E-state index in [9.17, 15) is 0 Å². The third-order valence-electron chi connectivity index (χ3n) is 0. The van der Waals surface area contributed by atoms with Gasteiger partial charge in [-0.2, -0.15) is 0 Å². The summed E-state index contributed by atoms with van der Waals surface area (Å²) < 4.78 is 0. The second-order valence-electron chi connectivity index (χ2n) is 0.224. The molecule has 0 saturated heterocycles. The van der Waals surface area contributed by atoms with E-state index in [0.29, 0.717) is 0 Å². The Bertz CT molecular complexity index is 33.8. The van der Waals surface area contributed by atoms with Crippen molar-refractivity contribution >= 4 is 26.2 Å². The van der Waals surface area contributed by atoms with Crippen molar-refractivity contribution in [2.45, 2.75) is 0 Å². The Balaban J connectivity index is -0.0000000450. The van der Waals surface area contributed by atoms with Crippen LogP contribution in [0.1, 0.15) is 0 Å². The molecule has 0 aromatic heterocycles. The van der Waals surface area contributed by atoms with Crippen LogP contribution < -0.4 is 0 Å². The van der Waals surface area contributed by atoms with E-state index in [2.05, 4.69) is 0 Å². The van der Waals surface area contributed by atoms with Crippen LogP contribution in [0.3, 0.4) is 0 Å². The first-order valence-corrected chi connectivity index (χ1v) is 0.548. The summed E-state index contributed by atoms with van der Waals surface area (Å²) in [5, 5.41) is 14.8. The van der Waals surface area contributed by atoms with E-state index in [-0.39, 0.29) is 43.3 Å². The minimum absolute atomic E-state index is 0. The maximum atomic E-state index is 8.25. The van der Waals surface area contributed by atoms with Gasteiger partial charge in [0.1, 0.15) is 0 Å². The Morgan fingerprint density at radius 3 is 1.33 bits per heavy atom. The molecule has 0 aliphatic carbocycles. The van der Waals surface area contributed by atoms with Crippen LogP contribution in [-0.4, -0.2) is 31.3 Å². The molecule has 0 fully saturated rings. The van der Waals surface area contributed by atoms with E-state index in [1.165, 1.54) is 0 Å². The zero-order valence-corrected chi connectivity index (χ0v) is 9.12. The standard InChI is InChI=1S/Bi.Cu.NO3.3H/c;;2-1(3)4;;;/q;;-1;;;. The van der Waals surface area contributed by atoms with Gasteiger partial charge in [0.15, 0.2) is 0 Å². The van der Waals surface area contributed by atoms with Gasteiger partial charge < -0.3 is 15.3 Å². The molecule has 0 aliphatic rings. The first-order valence-electron chi connectivity index (χ1n) is 0.548. The van der Waals surface area contributed by atoms with Crippen molar-refractivity contribution in [3.8, 4) is 0 Å². The van der Waals surface area contributed by atoms with Crippen molar-refractivity contribution in [2.75, 3.05) is 0 Å². The molecule has 0 saturated carbocycles. The summed E-state index contributed by atoms with van der Waals surface area (Å²) in [7, 11) is 0. The number of hydrogen-bond donors (Lipinski definition) is 0. The number of hydrogen-bond acceptors (Lipinski definition) is 3. The predicted octanol–water partition coefficient (Wildman–Crippen LogP) is -1.43. The quantitative estimate of drug-likeness (QED) is 0.309. The van der Waals surface area contributed by atoms with E-state index in [1.807, 2.05) is 0 Å². The zero-order chi connectivity index (χ0) is 3.58. The van der Waals surface area contributed by atoms with E-state index in [0.717, 1.165) is 0 Å². The number of rotatable bonds is 0. The first kappa shape index (κ1) is 16.0. The molecule has 4 nitrogen and oxygen atoms in total. The molecule has 0 aliphatic heterocycles. The Morgan fingerprint density at radius 1 is 1.33 bits per heavy atom. The SMILES string of the molecule is O=[N+]([O-])[O-].[BiH3].[Cu]. The second kappa shape index (κ2) is 9.14. The third-order valence-corrected chi connectivity index (χ3v) is 0. The largest absolute Gasteiger partial charge is 0 e. The van der Waals surface area contributed by atoms with E-state index in [1.54, 1.807) is 0 Å². The molecule has 0 atom stereocenters. The monoisotopic (exact) mass is 337 g/mol. The Morgan fingerprint density at radius 2 is 1.33 bits per heavy atom. The van der Waals surface area contributed by atoms with Gasteiger partial charge in [-0.05, 0) is 0 Å². The fourth-order valence-corrected chi connectivity index (χ4v) is 0. The number of nitrogens with zero attached hydrogens (tertiary/aromatic N) is 1. The molecule has 1 radical (unpaired) electrons. The van der Waals surface area contributed by atoms with Gasteiger partial charge in [0.2, 0.25) is 0 Å². The molecule has 6 heteroatoms. The van der Waals surface area contributed by atoms with Crippen molar-refractivity contribution in [1.29, 1.82) is 0 Å². The molecule has 0 heterocycles. The molecule has 0 aromatic carbocycles. The molecule has 0 aromatic rings. The van der Waals surface area contributed by atoms with Gasteiger partial charge in [-0.1, -0.05) is 0 Å². The third kappa shape index (κ3) is 165. The Hall–Kier alpha value is 0.603. The maximum absolute atomic E-state index is 8.25. The second-order valence-corrected chi connectivity index (χ2v) is 0.224. The van der Waals surface area contributed by atoms with Gasteiger partial charge in [-0.25, -0.2) is 0 Å². The minimum Gasteiger partial charge on any atom is 0 e. The predicted molar refractivity (Wildman–Crippen MR) is 20.3 cm³/mol. The van der Waals surface area contributed by atoms with Crippen molar-refractivity contribution < 1.29 is 22.2 Å². The van der Waals surface area contributed by atoms with Crippen molar-refractivity contribution in [1.82, 2.24) is 0 Å². The van der Waals surface area contributed by atoms with E-state index in [4.69, 9.17) is 15.3 Å². The van der Waals surface area contributed by atoms with Gasteiger partial charge in [0.05, 0.1) is 5.09 Å². The normalized spacial score (nSPS) is 4.00. The Labute approximate surface area is 63.6 Å². The van der Waals surface area contributed by atoms with Crippen molar-refractivity contribution in [2.24, 2.45) is 0 Å². The van der Waals surface area contributed by atoms with Gasteiger partial charge >= 0.3 is 26.2 Å². The molecule has 0 unspecified atom stereocenters. The summed E-state index contributed by atoms with van der Waals surface area (Å²) in [6.07, 6.45) is 0. The fourth-order valence-electron chi connectivity index (χ4n) is 0. The van der Waals surface area contributed by atoms with Gasteiger partial charge in [0, 0.05) is 17.1 Å². The molecule has 0 amide bonds. The van der Waals surface area contributed by atoms with Crippen LogP contribution in [0.2, 0.25) is 0 Å². The molecule has 6 heavy (non-hydrogen) atoms. The summed E-state index contributed by atoms with van der Waals surface area (Å²) in [4.78, 5) is 8.25. The average molecular weight is 338 g/mol. The zero-order valence-electron chi connectivity index (χ0n) is 2.68. The molecule has 0 spiro atoms. The Kier molecular flexibility index (Phi) is 24.3. The summed E-state index contributed by atoms with van der Waals surface area (Å²) in [6.45, 7) is 0. The van der Waals surface area contributed by atoms with E-state index < -0.39 is 5.09 Å². The van der Waals surface area contributed by atoms with Crippen LogP contribution in [0.15, 0.2) is 0 Å². The molecular weight excluding hydrogens is 335 g/mol. The van der Waals surface area contributed by atoms with Crippen LogP contribution in [0.25, 0.3) is 0 Å². The summed E-state index contributed by atoms with van der Waals surface area (Å²) >= 11 is 0. The topological polar surface area (TPSA) is 66.2 Å². The molecule has 0 N–H and O–H groups in total. The smallest absolute Gasteiger partial charge is 0 e. The summed E-state index contributed by atoms with van der Waals surface area (Å²) in [6, 6.07) is 0. The molecule has 0 rings (SSSR count). The molecular formula is H3BiCuNO3-. The first-order chi connectivity index (χ1) is 1.73. The van der Waals surface area contributed by atoms with Gasteiger partial charge in [0.25, 0.3) is 0 Å². The van der Waals surface area contributed by atoms with Crippen LogP contribution in [0.5, 0.6) is 0 Å². The van der Waals surface area contributed by atoms with Crippen LogP contribution >= 0.6 is 0 Å². The average Bonchev–Trinajstić information content (AvgIpc) is 0.811. The van der Waals surface area contributed by atoms with Crippen molar-refractivity contribution in [3.05, 3.63) is 15.3 Å². The van der Waals surface area contributed by atoms with Gasteiger partial charge in [-0.15, -0.1) is 0 Å². The van der Waals surface area contributed by atoms with Crippen LogP contribution in [0, 0.1) is 15.3 Å². The molecule has 43 valence electrons. The fraction of sp³-hybridized carbons (Fsp3) is 0. The van der Waals surface area contributed by atoms with Crippen molar-refractivity contribution in [3.63, 3.8) is 0 Å². The maximum Gasteiger partial charge on any atom is 0 e. The molecule has 0 bridgehead atoms. The van der Waals surface area contributed by atoms with E-state index >= 15 is 0 Å². The van der Waals surface area contributed by atoms with Crippen LogP contribution in [-0.2, 0) is 17.1 Å². The minimum atomic E-state index is -1.75. The van der Waals surface area contributed by atoms with Crippen LogP contribution in [0.4, 0.5) is 0 Å². The van der Waals surface area contributed by atoms with Gasteiger partial charge in [-0.3, -0.25) is 0 Å². The summed E-state index contributed by atoms with van der Waals surface area (Å²) in [5.41, 5.74) is 0. The summed E-state index contributed by atoms with van der Waals surface area (Å²) in [5.74, 6) is 0.